The van der Waals surface area contributed by atoms with Crippen LogP contribution in [0.1, 0.15) is 12.8 Å². The van der Waals surface area contributed by atoms with Gasteiger partial charge in [0, 0.05) is 13.0 Å². The minimum absolute atomic E-state index is 0.0160. The third-order valence-electron chi connectivity index (χ3n) is 2.39. The van der Waals surface area contributed by atoms with Gasteiger partial charge in [0.25, 0.3) is 0 Å². The normalized spacial score (nSPS) is 16.4. The smallest absolute Gasteiger partial charge is 0.227 e. The Hall–Kier alpha value is -1.58. The lowest BCUT2D eigenvalue weighted by atomic mass is 10.2. The second kappa shape index (κ2) is 3.29. The fourth-order valence-electron chi connectivity index (χ4n) is 1.66. The first-order valence-corrected chi connectivity index (χ1v) is 4.54. The van der Waals surface area contributed by atoms with Crippen molar-refractivity contribution in [3.05, 3.63) is 24.0 Å². The van der Waals surface area contributed by atoms with E-state index in [4.69, 9.17) is 5.73 Å². The summed E-state index contributed by atoms with van der Waals surface area (Å²) >= 11 is 0. The van der Waals surface area contributed by atoms with Crippen LogP contribution in [0.3, 0.4) is 0 Å². The third-order valence-corrected chi connectivity index (χ3v) is 2.39. The molecule has 0 unspecified atom stereocenters. The fraction of sp³-hybridized carbons (Fsp3) is 0.300. The second-order valence-electron chi connectivity index (χ2n) is 3.32. The van der Waals surface area contributed by atoms with Gasteiger partial charge in [0.1, 0.15) is 5.82 Å². The molecule has 1 aliphatic rings. The molecule has 3 nitrogen and oxygen atoms in total. The van der Waals surface area contributed by atoms with Crippen LogP contribution in [0.25, 0.3) is 0 Å². The van der Waals surface area contributed by atoms with Crippen molar-refractivity contribution in [2.45, 2.75) is 12.8 Å². The Labute approximate surface area is 81.3 Å². The molecule has 2 N–H and O–H groups in total. The lowest BCUT2D eigenvalue weighted by Gasteiger charge is -2.17. The molecule has 0 aliphatic carbocycles. The zero-order valence-corrected chi connectivity index (χ0v) is 7.66. The van der Waals surface area contributed by atoms with Crippen LogP contribution in [0.15, 0.2) is 18.2 Å². The number of amides is 1. The predicted molar refractivity (Wildman–Crippen MR) is 52.4 cm³/mol. The Morgan fingerprint density at radius 3 is 2.86 bits per heavy atom. The Morgan fingerprint density at radius 1 is 1.43 bits per heavy atom. The van der Waals surface area contributed by atoms with Crippen LogP contribution in [0.2, 0.25) is 0 Å². The monoisotopic (exact) mass is 194 g/mol. The van der Waals surface area contributed by atoms with Gasteiger partial charge in [0.15, 0.2) is 0 Å². The number of carbonyl (C=O) groups excluding carboxylic acids is 1. The van der Waals surface area contributed by atoms with Crippen LogP contribution in [-0.2, 0) is 4.79 Å². The van der Waals surface area contributed by atoms with Gasteiger partial charge < -0.3 is 10.6 Å². The molecule has 1 heterocycles. The van der Waals surface area contributed by atoms with Crippen molar-refractivity contribution in [1.82, 2.24) is 0 Å². The van der Waals surface area contributed by atoms with E-state index in [9.17, 15) is 9.18 Å². The zero-order chi connectivity index (χ0) is 10.1. The van der Waals surface area contributed by atoms with Gasteiger partial charge >= 0.3 is 0 Å². The number of rotatable bonds is 1. The van der Waals surface area contributed by atoms with Crippen LogP contribution in [-0.4, -0.2) is 12.5 Å². The number of carbonyl (C=O) groups is 1. The van der Waals surface area contributed by atoms with E-state index < -0.39 is 5.82 Å². The molecule has 4 heteroatoms. The fourth-order valence-corrected chi connectivity index (χ4v) is 1.66. The molecule has 1 fully saturated rings. The molecule has 0 atom stereocenters. The van der Waals surface area contributed by atoms with Crippen LogP contribution in [0.5, 0.6) is 0 Å². The van der Waals surface area contributed by atoms with E-state index in [0.717, 1.165) is 6.42 Å². The van der Waals surface area contributed by atoms with E-state index >= 15 is 0 Å². The molecule has 0 aromatic heterocycles. The summed E-state index contributed by atoms with van der Waals surface area (Å²) in [5.41, 5.74) is 6.11. The number of halogens is 1. The van der Waals surface area contributed by atoms with Gasteiger partial charge in [-0.15, -0.1) is 0 Å². The van der Waals surface area contributed by atoms with Crippen molar-refractivity contribution in [1.29, 1.82) is 0 Å². The lowest BCUT2D eigenvalue weighted by molar-refractivity contribution is -0.117. The van der Waals surface area contributed by atoms with Crippen molar-refractivity contribution in [3.8, 4) is 0 Å². The van der Waals surface area contributed by atoms with Crippen LogP contribution in [0, 0.1) is 5.82 Å². The summed E-state index contributed by atoms with van der Waals surface area (Å²) in [4.78, 5) is 12.9. The Balaban J connectivity index is 2.41. The van der Waals surface area contributed by atoms with Gasteiger partial charge in [-0.1, -0.05) is 6.07 Å². The molecule has 0 spiro atoms. The zero-order valence-electron chi connectivity index (χ0n) is 7.66. The molecule has 74 valence electrons. The first-order chi connectivity index (χ1) is 6.70. The van der Waals surface area contributed by atoms with Gasteiger partial charge in [0.2, 0.25) is 5.91 Å². The number of para-hydroxylation sites is 1. The summed E-state index contributed by atoms with van der Waals surface area (Å²) in [6.45, 7) is 0.631. The number of nitrogen functional groups attached to an aromatic ring is 1. The van der Waals surface area contributed by atoms with Gasteiger partial charge in [-0.25, -0.2) is 4.39 Å². The summed E-state index contributed by atoms with van der Waals surface area (Å²) in [5.74, 6) is -0.454. The SMILES string of the molecule is Nc1c(F)cccc1N1CCCC1=O. The highest BCUT2D eigenvalue weighted by Crippen LogP contribution is 2.28. The maximum atomic E-state index is 13.1. The molecule has 0 bridgehead atoms. The molecule has 1 aromatic carbocycles. The number of nitrogens with two attached hydrogens (primary N) is 1. The summed E-state index contributed by atoms with van der Waals surface area (Å²) < 4.78 is 13.1. The average Bonchev–Trinajstić information content (AvgIpc) is 2.57. The molecule has 1 aliphatic heterocycles. The van der Waals surface area contributed by atoms with E-state index in [1.54, 1.807) is 17.0 Å². The van der Waals surface area contributed by atoms with Crippen LogP contribution >= 0.6 is 0 Å². The number of hydrogen-bond donors (Lipinski definition) is 1. The highest BCUT2D eigenvalue weighted by atomic mass is 19.1. The van der Waals surface area contributed by atoms with Crippen LogP contribution < -0.4 is 10.6 Å². The lowest BCUT2D eigenvalue weighted by Crippen LogP contribution is -2.24. The summed E-state index contributed by atoms with van der Waals surface area (Å²) in [5, 5.41) is 0. The highest BCUT2D eigenvalue weighted by molar-refractivity contribution is 5.98. The Bertz CT molecular complexity index is 378. The molecule has 2 rings (SSSR count). The molecular formula is C10H11FN2O. The minimum atomic E-state index is -0.470. The maximum Gasteiger partial charge on any atom is 0.227 e. The topological polar surface area (TPSA) is 46.3 Å². The van der Waals surface area contributed by atoms with Crippen molar-refractivity contribution >= 4 is 17.3 Å². The van der Waals surface area contributed by atoms with Gasteiger partial charge in [-0.3, -0.25) is 4.79 Å². The minimum Gasteiger partial charge on any atom is -0.395 e. The molecular weight excluding hydrogens is 183 g/mol. The number of nitrogens with zero attached hydrogens (tertiary/aromatic N) is 1. The summed E-state index contributed by atoms with van der Waals surface area (Å²) in [6.07, 6.45) is 1.34. The molecule has 0 radical (unpaired) electrons. The van der Waals surface area contributed by atoms with Crippen LogP contribution in [0.4, 0.5) is 15.8 Å². The van der Waals surface area contributed by atoms with Crippen molar-refractivity contribution in [3.63, 3.8) is 0 Å². The van der Waals surface area contributed by atoms with Gasteiger partial charge in [-0.05, 0) is 18.6 Å². The Morgan fingerprint density at radius 2 is 2.21 bits per heavy atom. The number of benzene rings is 1. The number of hydrogen-bond acceptors (Lipinski definition) is 2. The van der Waals surface area contributed by atoms with E-state index in [1.807, 2.05) is 0 Å². The van der Waals surface area contributed by atoms with Gasteiger partial charge in [0.05, 0.1) is 11.4 Å². The van der Waals surface area contributed by atoms with Gasteiger partial charge in [-0.2, -0.15) is 0 Å². The van der Waals surface area contributed by atoms with Crippen molar-refractivity contribution < 1.29 is 9.18 Å². The molecule has 1 aromatic rings. The van der Waals surface area contributed by atoms with E-state index in [-0.39, 0.29) is 11.6 Å². The van der Waals surface area contributed by atoms with E-state index in [0.29, 0.717) is 18.7 Å². The standard InChI is InChI=1S/C10H11FN2O/c11-7-3-1-4-8(10(7)12)13-6-2-5-9(13)14/h1,3-4H,2,5-6,12H2. The van der Waals surface area contributed by atoms with Crippen molar-refractivity contribution in [2.24, 2.45) is 0 Å². The first-order valence-electron chi connectivity index (χ1n) is 4.54. The van der Waals surface area contributed by atoms with E-state index in [2.05, 4.69) is 0 Å². The quantitative estimate of drug-likeness (QED) is 0.689. The Kier molecular flexibility index (Phi) is 2.11. The largest absolute Gasteiger partial charge is 0.395 e. The highest BCUT2D eigenvalue weighted by Gasteiger charge is 2.23. The maximum absolute atomic E-state index is 13.1. The first kappa shape index (κ1) is 8.99. The third kappa shape index (κ3) is 1.32. The van der Waals surface area contributed by atoms with E-state index in [1.165, 1.54) is 6.07 Å². The summed E-state index contributed by atoms with van der Waals surface area (Å²) in [6, 6.07) is 4.52. The number of anilines is 2. The molecule has 1 amide bonds. The molecule has 0 saturated carbocycles. The summed E-state index contributed by atoms with van der Waals surface area (Å²) in [7, 11) is 0. The predicted octanol–water partition coefficient (Wildman–Crippen LogP) is 1.53. The second-order valence-corrected chi connectivity index (χ2v) is 3.32. The average molecular weight is 194 g/mol. The van der Waals surface area contributed by atoms with Crippen molar-refractivity contribution in [2.75, 3.05) is 17.2 Å². The molecule has 1 saturated heterocycles. The molecule has 14 heavy (non-hydrogen) atoms.